The summed E-state index contributed by atoms with van der Waals surface area (Å²) in [6.45, 7) is 0.363. The van der Waals surface area contributed by atoms with Gasteiger partial charge in [0.2, 0.25) is 0 Å². The van der Waals surface area contributed by atoms with Crippen LogP contribution in [0.2, 0.25) is 0 Å². The molecule has 1 N–H and O–H groups in total. The Kier molecular flexibility index (Phi) is 3.76. The summed E-state index contributed by atoms with van der Waals surface area (Å²) < 4.78 is 1.60. The minimum Gasteiger partial charge on any atom is -0.345 e. The maximum Gasteiger partial charge on any atom is 0.272 e. The summed E-state index contributed by atoms with van der Waals surface area (Å²) in [4.78, 5) is 22.1. The van der Waals surface area contributed by atoms with Crippen molar-refractivity contribution in [3.63, 3.8) is 0 Å². The molecule has 0 unspecified atom stereocenters. The van der Waals surface area contributed by atoms with Gasteiger partial charge in [0.25, 0.3) is 5.91 Å². The smallest absolute Gasteiger partial charge is 0.272 e. The number of fused-ring (bicyclic) bond motifs is 1. The van der Waals surface area contributed by atoms with Gasteiger partial charge in [-0.15, -0.1) is 11.3 Å². The van der Waals surface area contributed by atoms with Gasteiger partial charge in [-0.3, -0.25) is 9.78 Å². The Morgan fingerprint density at radius 2 is 2.17 bits per heavy atom. The second-order valence-corrected chi connectivity index (χ2v) is 6.07. The van der Waals surface area contributed by atoms with Crippen LogP contribution >= 0.6 is 11.3 Å². The summed E-state index contributed by atoms with van der Waals surface area (Å²) in [5, 5.41) is 9.10. The van der Waals surface area contributed by atoms with Crippen LogP contribution in [0.15, 0.2) is 60.2 Å². The van der Waals surface area contributed by atoms with Gasteiger partial charge in [0.1, 0.15) is 0 Å². The molecule has 0 fully saturated rings. The lowest BCUT2D eigenvalue weighted by Gasteiger charge is -2.01. The molecule has 0 aliphatic rings. The second-order valence-electron chi connectivity index (χ2n) is 5.13. The molecule has 0 aliphatic heterocycles. The van der Waals surface area contributed by atoms with Gasteiger partial charge in [-0.2, -0.15) is 5.10 Å². The number of amides is 1. The SMILES string of the molecule is O=C(NCc1ccccn1)c1cc2nc(-c3cccs3)ccn2n1. The maximum absolute atomic E-state index is 12.3. The number of rotatable bonds is 4. The van der Waals surface area contributed by atoms with Crippen LogP contribution in [0.1, 0.15) is 16.2 Å². The van der Waals surface area contributed by atoms with E-state index >= 15 is 0 Å². The molecule has 0 atom stereocenters. The summed E-state index contributed by atoms with van der Waals surface area (Å²) >= 11 is 1.63. The fraction of sp³-hybridized carbons (Fsp3) is 0.0588. The Bertz CT molecular complexity index is 979. The van der Waals surface area contributed by atoms with E-state index in [0.717, 1.165) is 16.3 Å². The molecule has 6 nitrogen and oxygen atoms in total. The minimum atomic E-state index is -0.246. The molecule has 0 aliphatic carbocycles. The predicted molar refractivity (Wildman–Crippen MR) is 91.7 cm³/mol. The van der Waals surface area contributed by atoms with E-state index < -0.39 is 0 Å². The van der Waals surface area contributed by atoms with Crippen molar-refractivity contribution in [3.8, 4) is 10.6 Å². The zero-order chi connectivity index (χ0) is 16.4. The molecule has 1 amide bonds. The van der Waals surface area contributed by atoms with Gasteiger partial charge in [0.15, 0.2) is 11.3 Å². The highest BCUT2D eigenvalue weighted by Crippen LogP contribution is 2.22. The van der Waals surface area contributed by atoms with E-state index in [-0.39, 0.29) is 5.91 Å². The normalized spacial score (nSPS) is 10.8. The summed E-state index contributed by atoms with van der Waals surface area (Å²) in [6.07, 6.45) is 3.51. The first kappa shape index (κ1) is 14.5. The van der Waals surface area contributed by atoms with E-state index in [9.17, 15) is 4.79 Å². The Balaban J connectivity index is 1.55. The molecule has 4 aromatic rings. The highest BCUT2D eigenvalue weighted by molar-refractivity contribution is 7.13. The third-order valence-electron chi connectivity index (χ3n) is 3.49. The van der Waals surface area contributed by atoms with Crippen LogP contribution in [0.4, 0.5) is 0 Å². The Morgan fingerprint density at radius 1 is 1.21 bits per heavy atom. The highest BCUT2D eigenvalue weighted by atomic mass is 32.1. The third kappa shape index (κ3) is 2.89. The molecule has 0 bridgehead atoms. The van der Waals surface area contributed by atoms with Gasteiger partial charge < -0.3 is 5.32 Å². The van der Waals surface area contributed by atoms with Gasteiger partial charge in [-0.25, -0.2) is 9.50 Å². The Morgan fingerprint density at radius 3 is 2.96 bits per heavy atom. The van der Waals surface area contributed by atoms with Gasteiger partial charge in [-0.05, 0) is 29.6 Å². The number of thiophene rings is 1. The summed E-state index contributed by atoms with van der Waals surface area (Å²) in [6, 6.07) is 13.2. The van der Waals surface area contributed by atoms with Crippen molar-refractivity contribution < 1.29 is 4.79 Å². The Labute approximate surface area is 141 Å². The molecule has 24 heavy (non-hydrogen) atoms. The van der Waals surface area contributed by atoms with Crippen LogP contribution in [0.3, 0.4) is 0 Å². The average Bonchev–Trinajstić information content (AvgIpc) is 3.29. The second kappa shape index (κ2) is 6.21. The maximum atomic E-state index is 12.3. The van der Waals surface area contributed by atoms with Crippen LogP contribution in [0.5, 0.6) is 0 Å². The molecule has 0 saturated carbocycles. The van der Waals surface area contributed by atoms with Gasteiger partial charge in [0.05, 0.1) is 22.8 Å². The van der Waals surface area contributed by atoms with Crippen molar-refractivity contribution >= 4 is 22.9 Å². The van der Waals surface area contributed by atoms with Crippen LogP contribution in [0.25, 0.3) is 16.2 Å². The van der Waals surface area contributed by atoms with Crippen molar-refractivity contribution in [3.05, 3.63) is 71.6 Å². The number of aromatic nitrogens is 4. The quantitative estimate of drug-likeness (QED) is 0.622. The van der Waals surface area contributed by atoms with E-state index in [1.54, 1.807) is 28.1 Å². The summed E-state index contributed by atoms with van der Waals surface area (Å²) in [5.41, 5.74) is 2.65. The molecule has 7 heteroatoms. The zero-order valence-electron chi connectivity index (χ0n) is 12.6. The van der Waals surface area contributed by atoms with Crippen molar-refractivity contribution in [2.24, 2.45) is 0 Å². The predicted octanol–water partition coefficient (Wildman–Crippen LogP) is 2.78. The number of nitrogens with zero attached hydrogens (tertiary/aromatic N) is 4. The van der Waals surface area contributed by atoms with Crippen molar-refractivity contribution in [2.75, 3.05) is 0 Å². The van der Waals surface area contributed by atoms with Crippen LogP contribution < -0.4 is 5.32 Å². The molecule has 0 aromatic carbocycles. The first-order chi connectivity index (χ1) is 11.8. The van der Waals surface area contributed by atoms with Crippen LogP contribution in [-0.4, -0.2) is 25.5 Å². The molecule has 0 spiro atoms. The fourth-order valence-electron chi connectivity index (χ4n) is 2.32. The number of carbonyl (C=O) groups is 1. The van der Waals surface area contributed by atoms with Crippen LogP contribution in [0, 0.1) is 0 Å². The molecule has 4 rings (SSSR count). The van der Waals surface area contributed by atoms with E-state index in [2.05, 4.69) is 20.4 Å². The minimum absolute atomic E-state index is 0.246. The first-order valence-electron chi connectivity index (χ1n) is 7.38. The molecule has 4 aromatic heterocycles. The molecular weight excluding hydrogens is 322 g/mol. The largest absolute Gasteiger partial charge is 0.345 e. The lowest BCUT2D eigenvalue weighted by molar-refractivity contribution is 0.0945. The molecule has 0 radical (unpaired) electrons. The fourth-order valence-corrected chi connectivity index (χ4v) is 3.01. The molecule has 4 heterocycles. The van der Waals surface area contributed by atoms with E-state index in [1.165, 1.54) is 0 Å². The van der Waals surface area contributed by atoms with E-state index in [1.807, 2.05) is 48.0 Å². The number of nitrogens with one attached hydrogen (secondary N) is 1. The number of hydrogen-bond acceptors (Lipinski definition) is 5. The summed E-state index contributed by atoms with van der Waals surface area (Å²) in [7, 11) is 0. The van der Waals surface area contributed by atoms with Crippen molar-refractivity contribution in [1.82, 2.24) is 24.9 Å². The zero-order valence-corrected chi connectivity index (χ0v) is 13.4. The third-order valence-corrected chi connectivity index (χ3v) is 4.38. The standard InChI is InChI=1S/C17H13N5OS/c23-17(19-11-12-4-1-2-7-18-12)14-10-16-20-13(6-8-22(16)21-14)15-5-3-9-24-15/h1-10H,11H2,(H,19,23). The van der Waals surface area contributed by atoms with E-state index in [4.69, 9.17) is 0 Å². The average molecular weight is 335 g/mol. The topological polar surface area (TPSA) is 72.2 Å². The Hall–Kier alpha value is -3.06. The summed E-state index contributed by atoms with van der Waals surface area (Å²) in [5.74, 6) is -0.246. The number of hydrogen-bond donors (Lipinski definition) is 1. The first-order valence-corrected chi connectivity index (χ1v) is 8.26. The lowest BCUT2D eigenvalue weighted by atomic mass is 10.3. The van der Waals surface area contributed by atoms with Gasteiger partial charge in [-0.1, -0.05) is 12.1 Å². The highest BCUT2D eigenvalue weighted by Gasteiger charge is 2.12. The lowest BCUT2D eigenvalue weighted by Crippen LogP contribution is -2.23. The monoisotopic (exact) mass is 335 g/mol. The number of carbonyl (C=O) groups excluding carboxylic acids is 1. The van der Waals surface area contributed by atoms with Crippen molar-refractivity contribution in [1.29, 1.82) is 0 Å². The number of pyridine rings is 1. The van der Waals surface area contributed by atoms with Crippen LogP contribution in [-0.2, 0) is 6.54 Å². The van der Waals surface area contributed by atoms with Gasteiger partial charge >= 0.3 is 0 Å². The molecular formula is C17H13N5OS. The van der Waals surface area contributed by atoms with E-state index in [0.29, 0.717) is 17.9 Å². The molecule has 118 valence electrons. The van der Waals surface area contributed by atoms with Gasteiger partial charge in [0, 0.05) is 18.5 Å². The molecule has 0 saturated heterocycles. The van der Waals surface area contributed by atoms with Crippen molar-refractivity contribution in [2.45, 2.75) is 6.54 Å².